The predicted octanol–water partition coefficient (Wildman–Crippen LogP) is 2.68. The Morgan fingerprint density at radius 1 is 0.964 bits per heavy atom. The van der Waals surface area contributed by atoms with E-state index in [4.69, 9.17) is 10.00 Å². The average Bonchev–Trinajstić information content (AvgIpc) is 2.74. The molecule has 1 N–H and O–H groups in total. The third-order valence-electron chi connectivity index (χ3n) is 5.20. The van der Waals surface area contributed by atoms with Gasteiger partial charge in [-0.25, -0.2) is 0 Å². The summed E-state index contributed by atoms with van der Waals surface area (Å²) in [5.41, 5.74) is 3.22. The molecule has 1 atom stereocenters. The molecule has 1 aliphatic heterocycles. The second-order valence-corrected chi connectivity index (χ2v) is 7.35. The molecule has 1 unspecified atom stereocenters. The van der Waals surface area contributed by atoms with Crippen molar-refractivity contribution < 1.29 is 9.84 Å². The van der Waals surface area contributed by atoms with Crippen molar-refractivity contribution in [3.05, 3.63) is 65.2 Å². The molecular formula is C23H29N3O2. The fraction of sp³-hybridized carbons (Fsp3) is 0.435. The lowest BCUT2D eigenvalue weighted by atomic mass is 10.1. The van der Waals surface area contributed by atoms with Gasteiger partial charge in [0, 0.05) is 39.3 Å². The number of β-amino-alcohol motifs (C(OH)–C–C–N with tert-alkyl or cyclic N) is 1. The highest BCUT2D eigenvalue weighted by atomic mass is 16.5. The van der Waals surface area contributed by atoms with Crippen molar-refractivity contribution in [3.63, 3.8) is 0 Å². The van der Waals surface area contributed by atoms with Crippen LogP contribution in [0.5, 0.6) is 5.75 Å². The number of nitrogens with zero attached hydrogens (tertiary/aromatic N) is 3. The Bertz CT molecular complexity index is 760. The first-order valence-corrected chi connectivity index (χ1v) is 10.00. The van der Waals surface area contributed by atoms with Crippen LogP contribution < -0.4 is 4.74 Å². The average molecular weight is 380 g/mol. The van der Waals surface area contributed by atoms with Crippen molar-refractivity contribution >= 4 is 0 Å². The van der Waals surface area contributed by atoms with E-state index in [2.05, 4.69) is 34.9 Å². The molecule has 3 rings (SSSR count). The molecule has 1 aliphatic rings. The summed E-state index contributed by atoms with van der Waals surface area (Å²) in [6, 6.07) is 18.0. The Morgan fingerprint density at radius 3 is 2.18 bits per heavy atom. The van der Waals surface area contributed by atoms with Crippen LogP contribution in [0.3, 0.4) is 0 Å². The quantitative estimate of drug-likeness (QED) is 0.764. The van der Waals surface area contributed by atoms with Gasteiger partial charge in [-0.15, -0.1) is 0 Å². The zero-order valence-electron chi connectivity index (χ0n) is 16.6. The van der Waals surface area contributed by atoms with Crippen LogP contribution >= 0.6 is 0 Å². The van der Waals surface area contributed by atoms with Crippen molar-refractivity contribution in [1.29, 1.82) is 5.26 Å². The standard InChI is InChI=1S/C23H29N3O2/c1-2-19-7-9-23(10-8-19)28-18-22(27)17-26-13-11-25(12-14-26)16-21-5-3-20(15-24)4-6-21/h3-10,22,27H,2,11-14,16-18H2,1H3. The zero-order valence-corrected chi connectivity index (χ0v) is 16.6. The summed E-state index contributed by atoms with van der Waals surface area (Å²) in [7, 11) is 0. The number of aryl methyl sites for hydroxylation is 1. The molecule has 1 heterocycles. The van der Waals surface area contributed by atoms with E-state index in [1.165, 1.54) is 11.1 Å². The third-order valence-corrected chi connectivity index (χ3v) is 5.20. The molecule has 28 heavy (non-hydrogen) atoms. The van der Waals surface area contributed by atoms with Gasteiger partial charge in [0.15, 0.2) is 0 Å². The highest BCUT2D eigenvalue weighted by molar-refractivity contribution is 5.31. The smallest absolute Gasteiger partial charge is 0.119 e. The lowest BCUT2D eigenvalue weighted by Crippen LogP contribution is -2.48. The maximum absolute atomic E-state index is 10.3. The molecule has 148 valence electrons. The Hall–Kier alpha value is -2.39. The molecular weight excluding hydrogens is 350 g/mol. The Labute approximate surface area is 167 Å². The summed E-state index contributed by atoms with van der Waals surface area (Å²) >= 11 is 0. The number of ether oxygens (including phenoxy) is 1. The molecule has 2 aromatic carbocycles. The molecule has 1 saturated heterocycles. The molecule has 5 heteroatoms. The Balaban J connectivity index is 1.36. The summed E-state index contributed by atoms with van der Waals surface area (Å²) in [5.74, 6) is 0.809. The molecule has 0 aromatic heterocycles. The minimum Gasteiger partial charge on any atom is -0.491 e. The number of aliphatic hydroxyl groups is 1. The van der Waals surface area contributed by atoms with Crippen LogP contribution in [0.2, 0.25) is 0 Å². The Morgan fingerprint density at radius 2 is 1.57 bits per heavy atom. The first-order chi connectivity index (χ1) is 13.7. The van der Waals surface area contributed by atoms with Crippen LogP contribution in [0.25, 0.3) is 0 Å². The monoisotopic (exact) mass is 379 g/mol. The number of aliphatic hydroxyl groups excluding tert-OH is 1. The highest BCUT2D eigenvalue weighted by Crippen LogP contribution is 2.14. The first-order valence-electron chi connectivity index (χ1n) is 10.00. The van der Waals surface area contributed by atoms with Gasteiger partial charge in [0.05, 0.1) is 11.6 Å². The lowest BCUT2D eigenvalue weighted by molar-refractivity contribution is 0.0446. The van der Waals surface area contributed by atoms with E-state index in [0.717, 1.165) is 44.9 Å². The van der Waals surface area contributed by atoms with Gasteiger partial charge in [-0.1, -0.05) is 31.2 Å². The van der Waals surface area contributed by atoms with Crippen molar-refractivity contribution in [2.45, 2.75) is 26.0 Å². The molecule has 2 aromatic rings. The van der Waals surface area contributed by atoms with Gasteiger partial charge in [-0.05, 0) is 41.8 Å². The van der Waals surface area contributed by atoms with E-state index >= 15 is 0 Å². The minimum atomic E-state index is -0.490. The van der Waals surface area contributed by atoms with Gasteiger partial charge in [0.2, 0.25) is 0 Å². The number of piperazine rings is 1. The number of nitriles is 1. The van der Waals surface area contributed by atoms with E-state index in [1.54, 1.807) is 0 Å². The molecule has 0 amide bonds. The van der Waals surface area contributed by atoms with Crippen molar-refractivity contribution in [2.24, 2.45) is 0 Å². The predicted molar refractivity (Wildman–Crippen MR) is 110 cm³/mol. The molecule has 0 radical (unpaired) electrons. The topological polar surface area (TPSA) is 59.7 Å². The third kappa shape index (κ3) is 6.07. The van der Waals surface area contributed by atoms with E-state index in [0.29, 0.717) is 18.7 Å². The SMILES string of the molecule is CCc1ccc(OCC(O)CN2CCN(Cc3ccc(C#N)cc3)CC2)cc1. The fourth-order valence-corrected chi connectivity index (χ4v) is 3.44. The van der Waals surface area contributed by atoms with Crippen LogP contribution in [0.4, 0.5) is 0 Å². The van der Waals surface area contributed by atoms with Gasteiger partial charge in [0.25, 0.3) is 0 Å². The second-order valence-electron chi connectivity index (χ2n) is 7.35. The first kappa shape index (κ1) is 20.3. The summed E-state index contributed by atoms with van der Waals surface area (Å²) in [6.45, 7) is 7.83. The number of rotatable bonds is 8. The summed E-state index contributed by atoms with van der Waals surface area (Å²) in [6.07, 6.45) is 0.524. The van der Waals surface area contributed by atoms with Crippen molar-refractivity contribution in [2.75, 3.05) is 39.3 Å². The fourth-order valence-electron chi connectivity index (χ4n) is 3.44. The molecule has 5 nitrogen and oxygen atoms in total. The van der Waals surface area contributed by atoms with Crippen LogP contribution in [0.1, 0.15) is 23.6 Å². The normalized spacial score (nSPS) is 16.5. The van der Waals surface area contributed by atoms with E-state index in [9.17, 15) is 5.11 Å². The molecule has 0 spiro atoms. The van der Waals surface area contributed by atoms with Crippen molar-refractivity contribution in [3.8, 4) is 11.8 Å². The maximum atomic E-state index is 10.3. The summed E-state index contributed by atoms with van der Waals surface area (Å²) in [5, 5.41) is 19.2. The van der Waals surface area contributed by atoms with Gasteiger partial charge in [-0.3, -0.25) is 9.80 Å². The molecule has 0 saturated carbocycles. The van der Waals surface area contributed by atoms with Gasteiger partial charge >= 0.3 is 0 Å². The Kier molecular flexibility index (Phi) is 7.44. The summed E-state index contributed by atoms with van der Waals surface area (Å²) < 4.78 is 5.72. The number of benzene rings is 2. The van der Waals surface area contributed by atoms with E-state index in [1.807, 2.05) is 36.4 Å². The highest BCUT2D eigenvalue weighted by Gasteiger charge is 2.19. The molecule has 0 aliphatic carbocycles. The van der Waals surface area contributed by atoms with Crippen LogP contribution in [0, 0.1) is 11.3 Å². The zero-order chi connectivity index (χ0) is 19.8. The van der Waals surface area contributed by atoms with Crippen LogP contribution in [-0.2, 0) is 13.0 Å². The van der Waals surface area contributed by atoms with Crippen LogP contribution in [-0.4, -0.2) is 60.3 Å². The maximum Gasteiger partial charge on any atom is 0.119 e. The number of hydrogen-bond acceptors (Lipinski definition) is 5. The lowest BCUT2D eigenvalue weighted by Gasteiger charge is -2.35. The van der Waals surface area contributed by atoms with Gasteiger partial charge in [0.1, 0.15) is 18.5 Å². The van der Waals surface area contributed by atoms with E-state index < -0.39 is 6.10 Å². The molecule has 0 bridgehead atoms. The molecule has 1 fully saturated rings. The second kappa shape index (κ2) is 10.2. The van der Waals surface area contributed by atoms with E-state index in [-0.39, 0.29) is 0 Å². The largest absolute Gasteiger partial charge is 0.491 e. The van der Waals surface area contributed by atoms with Gasteiger partial charge in [-0.2, -0.15) is 5.26 Å². The van der Waals surface area contributed by atoms with Gasteiger partial charge < -0.3 is 9.84 Å². The van der Waals surface area contributed by atoms with Crippen molar-refractivity contribution in [1.82, 2.24) is 9.80 Å². The summed E-state index contributed by atoms with van der Waals surface area (Å²) in [4.78, 5) is 4.71. The number of hydrogen-bond donors (Lipinski definition) is 1. The van der Waals surface area contributed by atoms with Crippen LogP contribution in [0.15, 0.2) is 48.5 Å². The minimum absolute atomic E-state index is 0.316.